The van der Waals surface area contributed by atoms with Crippen molar-refractivity contribution in [3.63, 3.8) is 0 Å². The van der Waals surface area contributed by atoms with Crippen LogP contribution in [0.5, 0.6) is 0 Å². The number of hydrogen-bond donors (Lipinski definition) is 3. The summed E-state index contributed by atoms with van der Waals surface area (Å²) in [5, 5.41) is 20.8. The molecule has 0 saturated carbocycles. The third-order valence-electron chi connectivity index (χ3n) is 1.87. The van der Waals surface area contributed by atoms with Gasteiger partial charge >= 0.3 is 5.97 Å². The fraction of sp³-hybridized carbons (Fsp3) is 0.300. The van der Waals surface area contributed by atoms with Crippen molar-refractivity contribution in [2.24, 2.45) is 0 Å². The molecule has 6 heteroatoms. The van der Waals surface area contributed by atoms with Crippen molar-refractivity contribution in [2.75, 3.05) is 11.9 Å². The quantitative estimate of drug-likeness (QED) is 0.761. The van der Waals surface area contributed by atoms with Crippen molar-refractivity contribution >= 4 is 43.5 Å². The number of nitrogens with one attached hydrogen (secondary N) is 1. The van der Waals surface area contributed by atoms with Gasteiger partial charge in [-0.25, -0.2) is 0 Å². The van der Waals surface area contributed by atoms with Gasteiger partial charge in [0.1, 0.15) is 0 Å². The zero-order valence-electron chi connectivity index (χ0n) is 8.28. The van der Waals surface area contributed by atoms with Gasteiger partial charge in [0.2, 0.25) is 0 Å². The first-order valence-corrected chi connectivity index (χ1v) is 6.16. The van der Waals surface area contributed by atoms with Crippen molar-refractivity contribution in [1.29, 1.82) is 0 Å². The molecule has 0 aromatic heterocycles. The SMILES string of the molecule is O=C(O)CC(O)CNc1cc(Br)ccc1Br. The van der Waals surface area contributed by atoms with Gasteiger partial charge < -0.3 is 15.5 Å². The summed E-state index contributed by atoms with van der Waals surface area (Å²) in [7, 11) is 0. The second-order valence-corrected chi connectivity index (χ2v) is 5.03. The molecule has 0 fully saturated rings. The predicted molar refractivity (Wildman–Crippen MR) is 68.6 cm³/mol. The topological polar surface area (TPSA) is 69.6 Å². The van der Waals surface area contributed by atoms with Gasteiger partial charge in [-0.2, -0.15) is 0 Å². The summed E-state index contributed by atoms with van der Waals surface area (Å²) in [5.41, 5.74) is 0.804. The summed E-state index contributed by atoms with van der Waals surface area (Å²) >= 11 is 6.68. The summed E-state index contributed by atoms with van der Waals surface area (Å²) in [6.45, 7) is 0.196. The molecule has 0 radical (unpaired) electrons. The number of aliphatic hydroxyl groups is 1. The Balaban J connectivity index is 2.54. The molecule has 0 amide bonds. The molecule has 0 bridgehead atoms. The minimum Gasteiger partial charge on any atom is -0.481 e. The highest BCUT2D eigenvalue weighted by molar-refractivity contribution is 9.11. The van der Waals surface area contributed by atoms with Crippen LogP contribution in [0.4, 0.5) is 5.69 Å². The van der Waals surface area contributed by atoms with Gasteiger partial charge in [-0.05, 0) is 34.1 Å². The number of benzene rings is 1. The van der Waals surface area contributed by atoms with Crippen LogP contribution in [-0.4, -0.2) is 28.8 Å². The Labute approximate surface area is 110 Å². The number of carboxylic acid groups (broad SMARTS) is 1. The molecule has 1 atom stereocenters. The van der Waals surface area contributed by atoms with Crippen LogP contribution in [-0.2, 0) is 4.79 Å². The molecule has 4 nitrogen and oxygen atoms in total. The molecule has 16 heavy (non-hydrogen) atoms. The molecule has 1 rings (SSSR count). The van der Waals surface area contributed by atoms with E-state index in [-0.39, 0.29) is 13.0 Å². The summed E-state index contributed by atoms with van der Waals surface area (Å²) in [6.07, 6.45) is -1.16. The Bertz CT molecular complexity index is 384. The fourth-order valence-corrected chi connectivity index (χ4v) is 1.88. The lowest BCUT2D eigenvalue weighted by Crippen LogP contribution is -2.22. The third kappa shape index (κ3) is 4.51. The van der Waals surface area contributed by atoms with Crippen molar-refractivity contribution < 1.29 is 15.0 Å². The monoisotopic (exact) mass is 351 g/mol. The number of hydrogen-bond acceptors (Lipinski definition) is 3. The fourth-order valence-electron chi connectivity index (χ4n) is 1.13. The van der Waals surface area contributed by atoms with Crippen molar-refractivity contribution in [3.8, 4) is 0 Å². The maximum atomic E-state index is 10.3. The molecule has 88 valence electrons. The standard InChI is InChI=1S/C10H11Br2NO3/c11-6-1-2-8(12)9(3-6)13-5-7(14)4-10(15)16/h1-3,7,13-14H,4-5H2,(H,15,16). The number of anilines is 1. The summed E-state index contributed by atoms with van der Waals surface area (Å²) in [6, 6.07) is 5.58. The zero-order valence-corrected chi connectivity index (χ0v) is 11.5. The minimum atomic E-state index is -1.01. The molecule has 0 aliphatic heterocycles. The summed E-state index contributed by atoms with van der Waals surface area (Å²) in [5.74, 6) is -1.01. The minimum absolute atomic E-state index is 0.196. The predicted octanol–water partition coefficient (Wildman–Crippen LogP) is 2.46. The highest BCUT2D eigenvalue weighted by atomic mass is 79.9. The van der Waals surface area contributed by atoms with Crippen LogP contribution in [0.1, 0.15) is 6.42 Å². The highest BCUT2D eigenvalue weighted by Gasteiger charge is 2.09. The Kier molecular flexibility index (Phi) is 5.24. The molecule has 1 aromatic rings. The Morgan fingerprint density at radius 3 is 2.75 bits per heavy atom. The van der Waals surface area contributed by atoms with Gasteiger partial charge in [0.05, 0.1) is 12.5 Å². The van der Waals surface area contributed by atoms with Gasteiger partial charge in [-0.15, -0.1) is 0 Å². The lowest BCUT2D eigenvalue weighted by molar-refractivity contribution is -0.138. The van der Waals surface area contributed by atoms with Crippen LogP contribution in [0, 0.1) is 0 Å². The van der Waals surface area contributed by atoms with Crippen LogP contribution in [0.3, 0.4) is 0 Å². The molecule has 0 aliphatic rings. The first-order chi connectivity index (χ1) is 7.49. The second-order valence-electron chi connectivity index (χ2n) is 3.26. The van der Waals surface area contributed by atoms with Crippen LogP contribution >= 0.6 is 31.9 Å². The van der Waals surface area contributed by atoms with E-state index in [2.05, 4.69) is 37.2 Å². The first-order valence-electron chi connectivity index (χ1n) is 4.58. The van der Waals surface area contributed by atoms with E-state index in [0.29, 0.717) is 0 Å². The number of carboxylic acids is 1. The molecule has 0 saturated heterocycles. The summed E-state index contributed by atoms with van der Waals surface area (Å²) < 4.78 is 1.77. The smallest absolute Gasteiger partial charge is 0.306 e. The van der Waals surface area contributed by atoms with E-state index >= 15 is 0 Å². The average Bonchev–Trinajstić information content (AvgIpc) is 2.18. The van der Waals surface area contributed by atoms with Gasteiger partial charge in [0.15, 0.2) is 0 Å². The lowest BCUT2D eigenvalue weighted by Gasteiger charge is -2.12. The van der Waals surface area contributed by atoms with Crippen LogP contribution in [0.25, 0.3) is 0 Å². The van der Waals surface area contributed by atoms with Crippen molar-refractivity contribution in [2.45, 2.75) is 12.5 Å². The van der Waals surface area contributed by atoms with E-state index in [1.54, 1.807) is 0 Å². The summed E-state index contributed by atoms with van der Waals surface area (Å²) in [4.78, 5) is 10.3. The van der Waals surface area contributed by atoms with Gasteiger partial charge in [-0.3, -0.25) is 4.79 Å². The second kappa shape index (κ2) is 6.22. The highest BCUT2D eigenvalue weighted by Crippen LogP contribution is 2.26. The van der Waals surface area contributed by atoms with E-state index in [9.17, 15) is 9.90 Å². The molecule has 0 spiro atoms. The molecule has 1 aromatic carbocycles. The Morgan fingerprint density at radius 2 is 2.12 bits per heavy atom. The van der Waals surface area contributed by atoms with Crippen molar-refractivity contribution in [3.05, 3.63) is 27.1 Å². The number of rotatable bonds is 5. The molecule has 3 N–H and O–H groups in total. The maximum absolute atomic E-state index is 10.3. The molecule has 0 heterocycles. The van der Waals surface area contributed by atoms with E-state index in [1.165, 1.54) is 0 Å². The Morgan fingerprint density at radius 1 is 1.44 bits per heavy atom. The molecular formula is C10H11Br2NO3. The zero-order chi connectivity index (χ0) is 12.1. The number of carbonyl (C=O) groups is 1. The van der Waals surface area contributed by atoms with Gasteiger partial charge in [-0.1, -0.05) is 15.9 Å². The van der Waals surface area contributed by atoms with Gasteiger partial charge in [0.25, 0.3) is 0 Å². The number of aliphatic carboxylic acids is 1. The largest absolute Gasteiger partial charge is 0.481 e. The molecule has 0 aliphatic carbocycles. The normalized spacial score (nSPS) is 12.2. The average molecular weight is 353 g/mol. The Hall–Kier alpha value is -0.590. The van der Waals surface area contributed by atoms with E-state index in [4.69, 9.17) is 5.11 Å². The van der Waals surface area contributed by atoms with Crippen LogP contribution in [0.2, 0.25) is 0 Å². The molecular weight excluding hydrogens is 342 g/mol. The first kappa shape index (κ1) is 13.5. The third-order valence-corrected chi connectivity index (χ3v) is 3.05. The van der Waals surface area contributed by atoms with Crippen molar-refractivity contribution in [1.82, 2.24) is 0 Å². The van der Waals surface area contributed by atoms with E-state index < -0.39 is 12.1 Å². The van der Waals surface area contributed by atoms with E-state index in [0.717, 1.165) is 14.6 Å². The number of aliphatic hydroxyl groups excluding tert-OH is 1. The molecule has 1 unspecified atom stereocenters. The van der Waals surface area contributed by atoms with Crippen LogP contribution < -0.4 is 5.32 Å². The number of halogens is 2. The maximum Gasteiger partial charge on any atom is 0.306 e. The van der Waals surface area contributed by atoms with E-state index in [1.807, 2.05) is 18.2 Å². The van der Waals surface area contributed by atoms with Gasteiger partial charge in [0, 0.05) is 21.2 Å². The van der Waals surface area contributed by atoms with Crippen LogP contribution in [0.15, 0.2) is 27.1 Å². The lowest BCUT2D eigenvalue weighted by atomic mass is 10.2.